The zero-order valence-electron chi connectivity index (χ0n) is 11.7. The molecule has 0 spiro atoms. The smallest absolute Gasteiger partial charge is 0.308 e. The molecule has 1 aromatic carbocycles. The van der Waals surface area contributed by atoms with Gasteiger partial charge in [-0.25, -0.2) is 4.98 Å². The summed E-state index contributed by atoms with van der Waals surface area (Å²) in [5.74, 6) is -1.71. The maximum Gasteiger partial charge on any atom is 0.308 e. The first-order chi connectivity index (χ1) is 9.40. The van der Waals surface area contributed by atoms with Crippen molar-refractivity contribution in [3.63, 3.8) is 0 Å². The van der Waals surface area contributed by atoms with Crippen LogP contribution in [0.1, 0.15) is 17.3 Å². The fourth-order valence-corrected chi connectivity index (χ4v) is 2.06. The molecule has 0 saturated carbocycles. The fourth-order valence-electron chi connectivity index (χ4n) is 2.06. The Balaban J connectivity index is 2.20. The Kier molecular flexibility index (Phi) is 3.74. The van der Waals surface area contributed by atoms with Crippen LogP contribution in [-0.2, 0) is 11.8 Å². The number of carboxylic acids is 1. The van der Waals surface area contributed by atoms with Crippen molar-refractivity contribution in [2.75, 3.05) is 13.6 Å². The van der Waals surface area contributed by atoms with Crippen molar-refractivity contribution in [2.24, 2.45) is 13.0 Å². The second kappa shape index (κ2) is 5.32. The topological polar surface area (TPSA) is 75.4 Å². The number of carbonyl (C=O) groups excluding carboxylic acids is 1. The Morgan fingerprint density at radius 2 is 2.15 bits per heavy atom. The molecule has 0 bridgehead atoms. The molecular weight excluding hydrogens is 258 g/mol. The van der Waals surface area contributed by atoms with Crippen LogP contribution in [0.25, 0.3) is 11.0 Å². The highest BCUT2D eigenvalue weighted by Crippen LogP contribution is 2.15. The molecule has 20 heavy (non-hydrogen) atoms. The Bertz CT molecular complexity index is 663. The third-order valence-electron chi connectivity index (χ3n) is 3.29. The highest BCUT2D eigenvalue weighted by Gasteiger charge is 2.19. The molecule has 0 aliphatic rings. The van der Waals surface area contributed by atoms with E-state index < -0.39 is 11.9 Å². The van der Waals surface area contributed by atoms with Gasteiger partial charge < -0.3 is 14.6 Å². The number of hydrogen-bond donors (Lipinski definition) is 1. The number of nitrogens with zero attached hydrogens (tertiary/aromatic N) is 3. The van der Waals surface area contributed by atoms with Gasteiger partial charge in [-0.3, -0.25) is 9.59 Å². The number of aliphatic carboxylic acids is 1. The summed E-state index contributed by atoms with van der Waals surface area (Å²) < 4.78 is 1.87. The normalized spacial score (nSPS) is 12.3. The number of hydrogen-bond acceptors (Lipinski definition) is 3. The molecule has 106 valence electrons. The third kappa shape index (κ3) is 2.64. The minimum atomic E-state index is -0.912. The predicted molar refractivity (Wildman–Crippen MR) is 74.5 cm³/mol. The van der Waals surface area contributed by atoms with Crippen molar-refractivity contribution in [1.29, 1.82) is 0 Å². The van der Waals surface area contributed by atoms with Gasteiger partial charge in [-0.2, -0.15) is 0 Å². The van der Waals surface area contributed by atoms with Gasteiger partial charge in [0.25, 0.3) is 5.91 Å². The molecule has 0 aliphatic heterocycles. The minimum absolute atomic E-state index is 0.175. The molecule has 1 unspecified atom stereocenters. The number of rotatable bonds is 4. The summed E-state index contributed by atoms with van der Waals surface area (Å²) in [7, 11) is 3.49. The lowest BCUT2D eigenvalue weighted by atomic mass is 10.1. The van der Waals surface area contributed by atoms with E-state index in [0.29, 0.717) is 5.56 Å². The number of aryl methyl sites for hydroxylation is 1. The Morgan fingerprint density at radius 1 is 1.45 bits per heavy atom. The van der Waals surface area contributed by atoms with Crippen molar-refractivity contribution >= 4 is 22.9 Å². The number of aromatic nitrogens is 2. The summed E-state index contributed by atoms with van der Waals surface area (Å²) in [6.45, 7) is 1.75. The Labute approximate surface area is 116 Å². The largest absolute Gasteiger partial charge is 0.481 e. The Hall–Kier alpha value is -2.37. The molecule has 1 heterocycles. The van der Waals surface area contributed by atoms with Crippen LogP contribution in [-0.4, -0.2) is 45.0 Å². The lowest BCUT2D eigenvalue weighted by molar-refractivity contribution is -0.141. The standard InChI is InChI=1S/C14H17N3O3/c1-9(14(19)20)7-16(2)13(18)10-4-5-12-11(6-10)15-8-17(12)3/h4-6,8-9H,7H2,1-3H3,(H,19,20). The SMILES string of the molecule is CC(CN(C)C(=O)c1ccc2c(c1)ncn2C)C(=O)O. The molecule has 1 amide bonds. The van der Waals surface area contributed by atoms with Gasteiger partial charge in [0.1, 0.15) is 0 Å². The van der Waals surface area contributed by atoms with E-state index in [1.165, 1.54) is 4.90 Å². The van der Waals surface area contributed by atoms with E-state index in [1.807, 2.05) is 17.7 Å². The van der Waals surface area contributed by atoms with E-state index in [1.54, 1.807) is 32.4 Å². The number of carbonyl (C=O) groups is 2. The van der Waals surface area contributed by atoms with Crippen LogP contribution in [0.4, 0.5) is 0 Å². The van der Waals surface area contributed by atoms with Gasteiger partial charge in [-0.15, -0.1) is 0 Å². The van der Waals surface area contributed by atoms with Crippen molar-refractivity contribution in [3.8, 4) is 0 Å². The highest BCUT2D eigenvalue weighted by molar-refractivity contribution is 5.97. The zero-order valence-corrected chi connectivity index (χ0v) is 11.7. The zero-order chi connectivity index (χ0) is 14.9. The van der Waals surface area contributed by atoms with Gasteiger partial charge in [-0.05, 0) is 18.2 Å². The second-order valence-electron chi connectivity index (χ2n) is 4.98. The monoisotopic (exact) mass is 275 g/mol. The van der Waals surface area contributed by atoms with Gasteiger partial charge in [0, 0.05) is 26.2 Å². The van der Waals surface area contributed by atoms with E-state index in [-0.39, 0.29) is 12.5 Å². The van der Waals surface area contributed by atoms with E-state index >= 15 is 0 Å². The van der Waals surface area contributed by atoms with Crippen LogP contribution < -0.4 is 0 Å². The van der Waals surface area contributed by atoms with Crippen molar-refractivity contribution in [3.05, 3.63) is 30.1 Å². The van der Waals surface area contributed by atoms with Gasteiger partial charge in [0.15, 0.2) is 0 Å². The molecule has 1 aromatic heterocycles. The van der Waals surface area contributed by atoms with Crippen molar-refractivity contribution in [1.82, 2.24) is 14.5 Å². The van der Waals surface area contributed by atoms with Gasteiger partial charge >= 0.3 is 5.97 Å². The maximum absolute atomic E-state index is 12.3. The lowest BCUT2D eigenvalue weighted by Gasteiger charge is -2.19. The fraction of sp³-hybridized carbons (Fsp3) is 0.357. The molecule has 0 radical (unpaired) electrons. The molecular formula is C14H17N3O3. The molecule has 2 aromatic rings. The second-order valence-corrected chi connectivity index (χ2v) is 4.98. The number of imidazole rings is 1. The minimum Gasteiger partial charge on any atom is -0.481 e. The van der Waals surface area contributed by atoms with Crippen LogP contribution in [0.15, 0.2) is 24.5 Å². The number of benzene rings is 1. The van der Waals surface area contributed by atoms with Crippen LogP contribution in [0, 0.1) is 5.92 Å². The summed E-state index contributed by atoms with van der Waals surface area (Å²) in [6, 6.07) is 5.29. The van der Waals surface area contributed by atoms with Crippen molar-refractivity contribution in [2.45, 2.75) is 6.92 Å². The van der Waals surface area contributed by atoms with E-state index in [2.05, 4.69) is 4.98 Å². The van der Waals surface area contributed by atoms with Crippen molar-refractivity contribution < 1.29 is 14.7 Å². The molecule has 0 fully saturated rings. The number of fused-ring (bicyclic) bond motifs is 1. The summed E-state index contributed by atoms with van der Waals surface area (Å²) in [4.78, 5) is 28.7. The molecule has 0 aliphatic carbocycles. The summed E-state index contributed by atoms with van der Waals surface area (Å²) in [5.41, 5.74) is 2.21. The molecule has 2 rings (SSSR count). The predicted octanol–water partition coefficient (Wildman–Crippen LogP) is 1.37. The molecule has 0 saturated heterocycles. The average Bonchev–Trinajstić information content (AvgIpc) is 2.78. The number of amides is 1. The first-order valence-corrected chi connectivity index (χ1v) is 6.29. The van der Waals surface area contributed by atoms with Gasteiger partial charge in [0.05, 0.1) is 23.3 Å². The van der Waals surface area contributed by atoms with E-state index in [4.69, 9.17) is 5.11 Å². The maximum atomic E-state index is 12.3. The Morgan fingerprint density at radius 3 is 2.80 bits per heavy atom. The van der Waals surface area contributed by atoms with Crippen LogP contribution in [0.2, 0.25) is 0 Å². The molecule has 6 heteroatoms. The lowest BCUT2D eigenvalue weighted by Crippen LogP contribution is -2.33. The summed E-state index contributed by atoms with van der Waals surface area (Å²) in [5, 5.41) is 8.88. The highest BCUT2D eigenvalue weighted by atomic mass is 16.4. The average molecular weight is 275 g/mol. The summed E-state index contributed by atoms with van der Waals surface area (Å²) >= 11 is 0. The molecule has 1 atom stereocenters. The van der Waals surface area contributed by atoms with Crippen LogP contribution in [0.5, 0.6) is 0 Å². The van der Waals surface area contributed by atoms with E-state index in [9.17, 15) is 9.59 Å². The quantitative estimate of drug-likeness (QED) is 0.914. The van der Waals surface area contributed by atoms with Crippen LogP contribution >= 0.6 is 0 Å². The van der Waals surface area contributed by atoms with Crippen LogP contribution in [0.3, 0.4) is 0 Å². The van der Waals surface area contributed by atoms with Gasteiger partial charge in [-0.1, -0.05) is 6.92 Å². The number of carboxylic acid groups (broad SMARTS) is 1. The van der Waals surface area contributed by atoms with E-state index in [0.717, 1.165) is 11.0 Å². The third-order valence-corrected chi connectivity index (χ3v) is 3.29. The first-order valence-electron chi connectivity index (χ1n) is 6.29. The van der Waals surface area contributed by atoms with Gasteiger partial charge in [0.2, 0.25) is 0 Å². The molecule has 1 N–H and O–H groups in total. The first kappa shape index (κ1) is 14.0. The molecule has 6 nitrogen and oxygen atoms in total. The summed E-state index contributed by atoms with van der Waals surface area (Å²) in [6.07, 6.45) is 1.69.